The molecule has 0 atom stereocenters. The van der Waals surface area contributed by atoms with Crippen molar-refractivity contribution in [3.05, 3.63) is 66.1 Å². The predicted molar refractivity (Wildman–Crippen MR) is 84.7 cm³/mol. The molecular weight excluding hydrogens is 295 g/mol. The van der Waals surface area contributed by atoms with Gasteiger partial charge < -0.3 is 9.51 Å². The Kier molecular flexibility index (Phi) is 3.20. The maximum absolute atomic E-state index is 12.9. The molecule has 4 aromatic rings. The van der Waals surface area contributed by atoms with Crippen LogP contribution in [0.3, 0.4) is 0 Å². The summed E-state index contributed by atoms with van der Waals surface area (Å²) < 4.78 is 18.1. The van der Waals surface area contributed by atoms with Crippen molar-refractivity contribution in [3.8, 4) is 11.4 Å². The van der Waals surface area contributed by atoms with Crippen LogP contribution in [0.25, 0.3) is 34.6 Å². The van der Waals surface area contributed by atoms with Gasteiger partial charge in [0.1, 0.15) is 5.82 Å². The predicted octanol–water partition coefficient (Wildman–Crippen LogP) is 3.92. The summed E-state index contributed by atoms with van der Waals surface area (Å²) in [7, 11) is 0. The molecule has 0 radical (unpaired) electrons. The van der Waals surface area contributed by atoms with Crippen LogP contribution >= 0.6 is 0 Å². The highest BCUT2D eigenvalue weighted by molar-refractivity contribution is 5.80. The van der Waals surface area contributed by atoms with Crippen LogP contribution < -0.4 is 0 Å². The maximum atomic E-state index is 12.9. The van der Waals surface area contributed by atoms with E-state index in [0.717, 1.165) is 22.2 Å². The number of halogens is 1. The highest BCUT2D eigenvalue weighted by Crippen LogP contribution is 2.20. The minimum Gasteiger partial charge on any atom is -0.345 e. The Hall–Kier alpha value is -3.28. The van der Waals surface area contributed by atoms with Crippen molar-refractivity contribution in [1.29, 1.82) is 0 Å². The number of nitrogens with one attached hydrogen (secondary N) is 1. The Morgan fingerprint density at radius 1 is 1.04 bits per heavy atom. The van der Waals surface area contributed by atoms with Crippen LogP contribution in [0.4, 0.5) is 4.39 Å². The monoisotopic (exact) mass is 306 g/mol. The Bertz CT molecular complexity index is 985. The van der Waals surface area contributed by atoms with E-state index < -0.39 is 0 Å². The van der Waals surface area contributed by atoms with Crippen molar-refractivity contribution >= 4 is 23.2 Å². The fourth-order valence-corrected chi connectivity index (χ4v) is 2.24. The molecule has 0 unspecified atom stereocenters. The van der Waals surface area contributed by atoms with Gasteiger partial charge in [-0.2, -0.15) is 4.98 Å². The van der Waals surface area contributed by atoms with E-state index in [0.29, 0.717) is 11.7 Å². The number of fused-ring (bicyclic) bond motifs is 1. The van der Waals surface area contributed by atoms with E-state index in [2.05, 4.69) is 20.1 Å². The highest BCUT2D eigenvalue weighted by atomic mass is 19.1. The van der Waals surface area contributed by atoms with Gasteiger partial charge in [-0.15, -0.1) is 0 Å². The first-order valence-electron chi connectivity index (χ1n) is 6.99. The first-order chi connectivity index (χ1) is 11.3. The Morgan fingerprint density at radius 3 is 2.78 bits per heavy atom. The lowest BCUT2D eigenvalue weighted by Crippen LogP contribution is -1.81. The van der Waals surface area contributed by atoms with E-state index in [1.807, 2.05) is 18.2 Å². The first-order valence-corrected chi connectivity index (χ1v) is 6.99. The SMILES string of the molecule is Fc1ccc(/C=C/c2nc(-c3ccc4nc[nH]c4c3)no2)cc1. The number of imidazole rings is 1. The number of aromatic nitrogens is 4. The molecule has 2 heterocycles. The van der Waals surface area contributed by atoms with Gasteiger partial charge in [0.25, 0.3) is 5.89 Å². The number of hydrogen-bond acceptors (Lipinski definition) is 4. The Morgan fingerprint density at radius 2 is 1.91 bits per heavy atom. The summed E-state index contributed by atoms with van der Waals surface area (Å²) in [4.78, 5) is 11.5. The molecule has 0 fully saturated rings. The molecule has 4 rings (SSSR count). The van der Waals surface area contributed by atoms with Crippen LogP contribution in [-0.2, 0) is 0 Å². The quantitative estimate of drug-likeness (QED) is 0.623. The minimum absolute atomic E-state index is 0.267. The lowest BCUT2D eigenvalue weighted by Gasteiger charge is -1.93. The number of nitrogens with zero attached hydrogens (tertiary/aromatic N) is 3. The molecule has 0 saturated heterocycles. The molecule has 2 aromatic heterocycles. The van der Waals surface area contributed by atoms with Gasteiger partial charge in [-0.05, 0) is 42.0 Å². The number of benzene rings is 2. The van der Waals surface area contributed by atoms with Crippen molar-refractivity contribution in [3.63, 3.8) is 0 Å². The second-order valence-electron chi connectivity index (χ2n) is 4.98. The zero-order valence-electron chi connectivity index (χ0n) is 11.9. The van der Waals surface area contributed by atoms with E-state index in [1.165, 1.54) is 12.1 Å². The van der Waals surface area contributed by atoms with Gasteiger partial charge in [0.15, 0.2) is 0 Å². The van der Waals surface area contributed by atoms with E-state index in [9.17, 15) is 4.39 Å². The molecule has 1 N–H and O–H groups in total. The standard InChI is InChI=1S/C17H11FN4O/c18-13-5-1-11(2-6-13)3-8-16-21-17(22-23-16)12-4-7-14-15(9-12)20-10-19-14/h1-10H,(H,19,20)/b8-3+. The average molecular weight is 306 g/mol. The molecule has 0 aliphatic carbocycles. The van der Waals surface area contributed by atoms with E-state index in [4.69, 9.17) is 4.52 Å². The third kappa shape index (κ3) is 2.74. The summed E-state index contributed by atoms with van der Waals surface area (Å²) in [5.41, 5.74) is 3.49. The van der Waals surface area contributed by atoms with E-state index >= 15 is 0 Å². The molecule has 0 aliphatic heterocycles. The second kappa shape index (κ2) is 5.49. The second-order valence-corrected chi connectivity index (χ2v) is 4.98. The summed E-state index contributed by atoms with van der Waals surface area (Å²) in [6.45, 7) is 0. The molecular formula is C17H11FN4O. The van der Waals surface area contributed by atoms with Gasteiger partial charge in [0, 0.05) is 11.6 Å². The van der Waals surface area contributed by atoms with Crippen LogP contribution in [0, 0.1) is 5.82 Å². The van der Waals surface area contributed by atoms with Gasteiger partial charge in [0.2, 0.25) is 5.82 Å². The normalized spacial score (nSPS) is 11.5. The van der Waals surface area contributed by atoms with Crippen molar-refractivity contribution in [2.45, 2.75) is 0 Å². The largest absolute Gasteiger partial charge is 0.345 e. The van der Waals surface area contributed by atoms with Crippen LogP contribution in [0.5, 0.6) is 0 Å². The molecule has 5 nitrogen and oxygen atoms in total. The summed E-state index contributed by atoms with van der Waals surface area (Å²) in [5, 5.41) is 3.97. The van der Waals surface area contributed by atoms with E-state index in [-0.39, 0.29) is 5.82 Å². The number of H-pyrrole nitrogens is 1. The van der Waals surface area contributed by atoms with Crippen LogP contribution in [-0.4, -0.2) is 20.1 Å². The van der Waals surface area contributed by atoms with Crippen LogP contribution in [0.2, 0.25) is 0 Å². The van der Waals surface area contributed by atoms with Crippen LogP contribution in [0.1, 0.15) is 11.5 Å². The van der Waals surface area contributed by atoms with Gasteiger partial charge in [-0.25, -0.2) is 9.37 Å². The molecule has 0 bridgehead atoms. The molecule has 6 heteroatoms. The van der Waals surface area contributed by atoms with Crippen LogP contribution in [0.15, 0.2) is 53.3 Å². The first kappa shape index (κ1) is 13.4. The fraction of sp³-hybridized carbons (Fsp3) is 0. The molecule has 0 aliphatic rings. The molecule has 0 spiro atoms. The molecule has 112 valence electrons. The fourth-order valence-electron chi connectivity index (χ4n) is 2.24. The lowest BCUT2D eigenvalue weighted by molar-refractivity contribution is 0.411. The molecule has 0 amide bonds. The minimum atomic E-state index is -0.267. The maximum Gasteiger partial charge on any atom is 0.250 e. The Labute approximate surface area is 130 Å². The van der Waals surface area contributed by atoms with Gasteiger partial charge in [-0.1, -0.05) is 17.3 Å². The van der Waals surface area contributed by atoms with Gasteiger partial charge in [-0.3, -0.25) is 0 Å². The number of aromatic amines is 1. The summed E-state index contributed by atoms with van der Waals surface area (Å²) in [6, 6.07) is 11.9. The van der Waals surface area contributed by atoms with E-state index in [1.54, 1.807) is 30.6 Å². The zero-order valence-corrected chi connectivity index (χ0v) is 11.9. The van der Waals surface area contributed by atoms with Crippen molar-refractivity contribution in [2.24, 2.45) is 0 Å². The van der Waals surface area contributed by atoms with Crippen molar-refractivity contribution in [2.75, 3.05) is 0 Å². The average Bonchev–Trinajstić information content (AvgIpc) is 3.22. The zero-order chi connectivity index (χ0) is 15.6. The Balaban J connectivity index is 1.59. The van der Waals surface area contributed by atoms with Gasteiger partial charge in [0.05, 0.1) is 17.4 Å². The topological polar surface area (TPSA) is 67.6 Å². The number of hydrogen-bond donors (Lipinski definition) is 1. The lowest BCUT2D eigenvalue weighted by atomic mass is 10.2. The number of rotatable bonds is 3. The summed E-state index contributed by atoms with van der Waals surface area (Å²) in [6.07, 6.45) is 5.12. The molecule has 2 aromatic carbocycles. The summed E-state index contributed by atoms with van der Waals surface area (Å²) >= 11 is 0. The third-order valence-corrected chi connectivity index (χ3v) is 3.41. The van der Waals surface area contributed by atoms with Crippen molar-refractivity contribution in [1.82, 2.24) is 20.1 Å². The summed E-state index contributed by atoms with van der Waals surface area (Å²) in [5.74, 6) is 0.616. The molecule has 23 heavy (non-hydrogen) atoms. The van der Waals surface area contributed by atoms with Crippen molar-refractivity contribution < 1.29 is 8.91 Å². The van der Waals surface area contributed by atoms with Gasteiger partial charge >= 0.3 is 0 Å². The highest BCUT2D eigenvalue weighted by Gasteiger charge is 2.08. The smallest absolute Gasteiger partial charge is 0.250 e. The molecule has 0 saturated carbocycles. The third-order valence-electron chi connectivity index (χ3n) is 3.41.